The van der Waals surface area contributed by atoms with Crippen molar-refractivity contribution in [2.45, 2.75) is 38.3 Å². The van der Waals surface area contributed by atoms with Crippen molar-refractivity contribution < 1.29 is 14.7 Å². The molecule has 2 N–H and O–H groups in total. The summed E-state index contributed by atoms with van der Waals surface area (Å²) < 4.78 is 3.11. The zero-order chi connectivity index (χ0) is 20.7. The van der Waals surface area contributed by atoms with E-state index in [2.05, 4.69) is 17.2 Å². The van der Waals surface area contributed by atoms with Gasteiger partial charge in [-0.05, 0) is 49.3 Å². The summed E-state index contributed by atoms with van der Waals surface area (Å²) >= 11 is 1.57. The Bertz CT molecular complexity index is 1170. The van der Waals surface area contributed by atoms with Crippen LogP contribution in [0.4, 0.5) is 0 Å². The maximum absolute atomic E-state index is 12.9. The van der Waals surface area contributed by atoms with Gasteiger partial charge in [0.2, 0.25) is 0 Å². The number of rotatable bonds is 4. The van der Waals surface area contributed by atoms with Crippen LogP contribution in [-0.2, 0) is 11.3 Å². The predicted octanol–water partition coefficient (Wildman–Crippen LogP) is 4.13. The van der Waals surface area contributed by atoms with Gasteiger partial charge in [-0.1, -0.05) is 30.0 Å². The first-order chi connectivity index (χ1) is 14.5. The quantitative estimate of drug-likeness (QED) is 0.626. The van der Waals surface area contributed by atoms with E-state index in [1.54, 1.807) is 11.3 Å². The zero-order valence-electron chi connectivity index (χ0n) is 16.4. The Balaban J connectivity index is 1.24. The monoisotopic (exact) mass is 418 g/mol. The van der Waals surface area contributed by atoms with E-state index in [9.17, 15) is 9.59 Å². The molecule has 1 aromatic carbocycles. The molecule has 2 aliphatic rings. The second-order valence-corrected chi connectivity index (χ2v) is 9.41. The number of benzene rings is 1. The van der Waals surface area contributed by atoms with Gasteiger partial charge in [-0.15, -0.1) is 11.3 Å². The lowest BCUT2D eigenvalue weighted by Gasteiger charge is -2.56. The number of fused-ring (bicyclic) bond motifs is 1. The van der Waals surface area contributed by atoms with Crippen molar-refractivity contribution in [1.82, 2.24) is 9.88 Å². The molecule has 0 saturated heterocycles. The van der Waals surface area contributed by atoms with Gasteiger partial charge in [0.1, 0.15) is 0 Å². The van der Waals surface area contributed by atoms with Crippen LogP contribution in [-0.4, -0.2) is 27.6 Å². The molecular weight excluding hydrogens is 396 g/mol. The molecule has 1 spiro atoms. The number of carboxylic acid groups (broad SMARTS) is 1. The fraction of sp³-hybridized carbons (Fsp3) is 0.333. The van der Waals surface area contributed by atoms with E-state index in [0.717, 1.165) is 41.5 Å². The largest absolute Gasteiger partial charge is 0.481 e. The third-order valence-corrected chi connectivity index (χ3v) is 7.32. The zero-order valence-corrected chi connectivity index (χ0v) is 17.2. The van der Waals surface area contributed by atoms with E-state index >= 15 is 0 Å². The normalized spacial score (nSPS) is 24.5. The van der Waals surface area contributed by atoms with Crippen molar-refractivity contribution in [3.63, 3.8) is 0 Å². The van der Waals surface area contributed by atoms with Gasteiger partial charge < -0.3 is 15.0 Å². The van der Waals surface area contributed by atoms with E-state index in [0.29, 0.717) is 12.1 Å². The number of thiophene rings is 1. The standard InChI is InChI=1S/C24H22N2O3S/c27-22(25-18-13-24(14-18)11-17(12-24)23(28)29)19-15-30-20-8-10-26(21(19)20)9-4-7-16-5-2-1-3-6-16/h1-3,5-6,8,10,15,17-18H,9,11-14H2,(H,25,27)(H,28,29). The first-order valence-electron chi connectivity index (χ1n) is 10.2. The fourth-order valence-electron chi connectivity index (χ4n) is 4.90. The Morgan fingerprint density at radius 3 is 2.67 bits per heavy atom. The molecule has 2 fully saturated rings. The second kappa shape index (κ2) is 7.33. The van der Waals surface area contributed by atoms with Crippen molar-refractivity contribution >= 4 is 33.4 Å². The number of hydrogen-bond donors (Lipinski definition) is 2. The highest BCUT2D eigenvalue weighted by atomic mass is 32.1. The summed E-state index contributed by atoms with van der Waals surface area (Å²) in [6.07, 6.45) is 5.26. The number of hydrogen-bond acceptors (Lipinski definition) is 3. The Kier molecular flexibility index (Phi) is 4.63. The highest BCUT2D eigenvalue weighted by molar-refractivity contribution is 7.17. The van der Waals surface area contributed by atoms with E-state index in [1.807, 2.05) is 52.5 Å². The van der Waals surface area contributed by atoms with Gasteiger partial charge in [-0.3, -0.25) is 9.59 Å². The first-order valence-corrected chi connectivity index (χ1v) is 11.0. The number of nitrogens with zero attached hydrogens (tertiary/aromatic N) is 1. The molecule has 2 saturated carbocycles. The summed E-state index contributed by atoms with van der Waals surface area (Å²) in [4.78, 5) is 23.9. The lowest BCUT2D eigenvalue weighted by molar-refractivity contribution is -0.155. The highest BCUT2D eigenvalue weighted by Gasteiger charge is 2.55. The molecule has 1 amide bonds. The molecule has 30 heavy (non-hydrogen) atoms. The lowest BCUT2D eigenvalue weighted by Crippen LogP contribution is -2.57. The maximum atomic E-state index is 12.9. The number of aromatic nitrogens is 1. The van der Waals surface area contributed by atoms with Gasteiger partial charge >= 0.3 is 5.97 Å². The summed E-state index contributed by atoms with van der Waals surface area (Å²) in [6, 6.07) is 12.0. The average Bonchev–Trinajstić information content (AvgIpc) is 3.26. The molecule has 5 rings (SSSR count). The van der Waals surface area contributed by atoms with Crippen LogP contribution in [0, 0.1) is 23.2 Å². The number of carbonyl (C=O) groups excluding carboxylic acids is 1. The van der Waals surface area contributed by atoms with Crippen LogP contribution in [0.25, 0.3) is 10.2 Å². The highest BCUT2D eigenvalue weighted by Crippen LogP contribution is 2.58. The molecule has 0 aliphatic heterocycles. The van der Waals surface area contributed by atoms with Crippen LogP contribution in [0.2, 0.25) is 0 Å². The number of aliphatic carboxylic acids is 1. The van der Waals surface area contributed by atoms with Crippen molar-refractivity contribution in [2.75, 3.05) is 0 Å². The summed E-state index contributed by atoms with van der Waals surface area (Å²) in [5, 5.41) is 14.1. The maximum Gasteiger partial charge on any atom is 0.306 e. The van der Waals surface area contributed by atoms with Crippen molar-refractivity contribution in [3.05, 3.63) is 59.1 Å². The minimum absolute atomic E-state index is 0.0498. The van der Waals surface area contributed by atoms with Crippen LogP contribution in [0.5, 0.6) is 0 Å². The summed E-state index contributed by atoms with van der Waals surface area (Å²) in [5.74, 6) is 5.42. The Hall–Kier alpha value is -3.04. The molecular formula is C24H22N2O3S. The first kappa shape index (κ1) is 19.0. The van der Waals surface area contributed by atoms with Crippen LogP contribution in [0.1, 0.15) is 41.6 Å². The van der Waals surface area contributed by atoms with Gasteiger partial charge in [-0.25, -0.2) is 0 Å². The van der Waals surface area contributed by atoms with Crippen molar-refractivity contribution in [2.24, 2.45) is 11.3 Å². The Labute approximate surface area is 178 Å². The average molecular weight is 419 g/mol. The molecule has 2 aliphatic carbocycles. The van der Waals surface area contributed by atoms with E-state index in [4.69, 9.17) is 5.11 Å². The fourth-order valence-corrected chi connectivity index (χ4v) is 5.84. The summed E-state index contributed by atoms with van der Waals surface area (Å²) in [5.41, 5.74) is 2.75. The SMILES string of the molecule is O=C(NC1CC2(C1)CC(C(=O)O)C2)c1csc2ccn(CC#Cc3ccccc3)c12. The van der Waals surface area contributed by atoms with Crippen molar-refractivity contribution in [1.29, 1.82) is 0 Å². The van der Waals surface area contributed by atoms with Gasteiger partial charge in [0.25, 0.3) is 5.91 Å². The number of carbonyl (C=O) groups is 2. The third kappa shape index (κ3) is 3.40. The number of amides is 1. The lowest BCUT2D eigenvalue weighted by atomic mass is 9.50. The number of nitrogens with one attached hydrogen (secondary N) is 1. The molecule has 5 nitrogen and oxygen atoms in total. The molecule has 3 aromatic rings. The van der Waals surface area contributed by atoms with Gasteiger partial charge in [0, 0.05) is 23.2 Å². The smallest absolute Gasteiger partial charge is 0.306 e. The molecule has 152 valence electrons. The molecule has 6 heteroatoms. The van der Waals surface area contributed by atoms with E-state index in [-0.39, 0.29) is 23.3 Å². The molecule has 0 bridgehead atoms. The van der Waals surface area contributed by atoms with Crippen LogP contribution in [0.15, 0.2) is 48.0 Å². The van der Waals surface area contributed by atoms with Gasteiger partial charge in [-0.2, -0.15) is 0 Å². The van der Waals surface area contributed by atoms with Crippen molar-refractivity contribution in [3.8, 4) is 11.8 Å². The minimum Gasteiger partial charge on any atom is -0.481 e. The number of carboxylic acids is 1. The second-order valence-electron chi connectivity index (χ2n) is 8.50. The Morgan fingerprint density at radius 1 is 1.17 bits per heavy atom. The summed E-state index contributed by atoms with van der Waals surface area (Å²) in [6.45, 7) is 0.526. The van der Waals surface area contributed by atoms with E-state index < -0.39 is 5.97 Å². The molecule has 0 radical (unpaired) electrons. The third-order valence-electron chi connectivity index (χ3n) is 6.39. The van der Waals surface area contributed by atoms with Gasteiger partial charge in [0.15, 0.2) is 0 Å². The van der Waals surface area contributed by atoms with Gasteiger partial charge in [0.05, 0.1) is 28.2 Å². The van der Waals surface area contributed by atoms with E-state index in [1.165, 1.54) is 0 Å². The van der Waals surface area contributed by atoms with Crippen LogP contribution >= 0.6 is 11.3 Å². The predicted molar refractivity (Wildman–Crippen MR) is 116 cm³/mol. The minimum atomic E-state index is -0.690. The van der Waals surface area contributed by atoms with Crippen LogP contribution in [0.3, 0.4) is 0 Å². The Morgan fingerprint density at radius 2 is 1.93 bits per heavy atom. The molecule has 2 heterocycles. The van der Waals surface area contributed by atoms with Crippen LogP contribution < -0.4 is 5.32 Å². The molecule has 0 atom stereocenters. The topological polar surface area (TPSA) is 71.3 Å². The molecule has 0 unspecified atom stereocenters. The summed E-state index contributed by atoms with van der Waals surface area (Å²) in [7, 11) is 0. The molecule has 2 aromatic heterocycles.